The van der Waals surface area contributed by atoms with E-state index >= 15 is 0 Å². The highest BCUT2D eigenvalue weighted by Crippen LogP contribution is 2.65. The molecule has 0 spiro atoms. The molecule has 10 aliphatic carbocycles. The van der Waals surface area contributed by atoms with Gasteiger partial charge in [0.25, 0.3) is 0 Å². The number of fused-ring (bicyclic) bond motifs is 1. The van der Waals surface area contributed by atoms with Crippen molar-refractivity contribution in [2.24, 2.45) is 70.5 Å². The third-order valence-electron chi connectivity index (χ3n) is 16.4. The smallest absolute Gasteiger partial charge is 0.309 e. The van der Waals surface area contributed by atoms with Gasteiger partial charge in [-0.1, -0.05) is 13.8 Å². The van der Waals surface area contributed by atoms with E-state index in [-0.39, 0.29) is 60.0 Å². The van der Waals surface area contributed by atoms with Gasteiger partial charge in [0.1, 0.15) is 23.4 Å². The lowest BCUT2D eigenvalue weighted by molar-refractivity contribution is -0.223. The van der Waals surface area contributed by atoms with E-state index in [1.165, 1.54) is 19.3 Å². The van der Waals surface area contributed by atoms with Crippen molar-refractivity contribution in [3.63, 3.8) is 0 Å². The zero-order chi connectivity index (χ0) is 35.7. The monoisotopic (exact) mass is 708 g/mol. The van der Waals surface area contributed by atoms with E-state index in [9.17, 15) is 24.3 Å². The lowest BCUT2D eigenvalue weighted by Crippen LogP contribution is -2.60. The van der Waals surface area contributed by atoms with Gasteiger partial charge in [-0.3, -0.25) is 19.2 Å². The molecule has 1 saturated heterocycles. The fourth-order valence-electron chi connectivity index (χ4n) is 14.7. The van der Waals surface area contributed by atoms with E-state index in [0.717, 1.165) is 75.5 Å². The van der Waals surface area contributed by atoms with Crippen molar-refractivity contribution in [2.75, 3.05) is 0 Å². The normalized spacial score (nSPS) is 46.9. The van der Waals surface area contributed by atoms with Crippen LogP contribution in [0.2, 0.25) is 0 Å². The van der Waals surface area contributed by atoms with Crippen LogP contribution in [-0.4, -0.2) is 58.0 Å². The van der Waals surface area contributed by atoms with Gasteiger partial charge in [-0.15, -0.1) is 0 Å². The largest absolute Gasteiger partial charge is 0.459 e. The summed E-state index contributed by atoms with van der Waals surface area (Å²) in [6, 6.07) is 0. The van der Waals surface area contributed by atoms with E-state index in [0.29, 0.717) is 31.1 Å². The topological polar surface area (TPSA) is 125 Å². The first-order chi connectivity index (χ1) is 24.1. The van der Waals surface area contributed by atoms with Crippen LogP contribution in [0.5, 0.6) is 0 Å². The van der Waals surface area contributed by atoms with E-state index < -0.39 is 46.6 Å². The fraction of sp³-hybridized carbons (Fsp3) is 0.905. The van der Waals surface area contributed by atoms with Crippen LogP contribution in [0, 0.1) is 70.5 Å². The van der Waals surface area contributed by atoms with Crippen LogP contribution in [0.15, 0.2) is 0 Å². The van der Waals surface area contributed by atoms with Crippen molar-refractivity contribution in [3.8, 4) is 0 Å². The molecule has 1 heterocycles. The Bertz CT molecular complexity index is 1420. The highest BCUT2D eigenvalue weighted by molar-refractivity contribution is 5.79. The number of carbonyl (C=O) groups is 4. The number of carbonyl (C=O) groups excluding carboxylic acids is 4. The maximum atomic E-state index is 14.4. The predicted octanol–water partition coefficient (Wildman–Crippen LogP) is 6.70. The van der Waals surface area contributed by atoms with Crippen molar-refractivity contribution in [2.45, 2.75) is 166 Å². The van der Waals surface area contributed by atoms with Crippen LogP contribution in [0.1, 0.15) is 137 Å². The van der Waals surface area contributed by atoms with Gasteiger partial charge in [-0.25, -0.2) is 0 Å². The van der Waals surface area contributed by atoms with E-state index in [1.807, 2.05) is 6.92 Å². The molecule has 0 radical (unpaired) electrons. The van der Waals surface area contributed by atoms with Crippen LogP contribution in [0.4, 0.5) is 0 Å². The first-order valence-electron chi connectivity index (χ1n) is 20.7. The van der Waals surface area contributed by atoms with Crippen LogP contribution in [0.25, 0.3) is 0 Å². The number of esters is 4. The minimum Gasteiger partial charge on any atom is -0.459 e. The Labute approximate surface area is 303 Å². The summed E-state index contributed by atoms with van der Waals surface area (Å²) in [5, 5.41) is 11.4. The number of rotatable bonds is 12. The molecule has 10 bridgehead atoms. The molecule has 0 aromatic rings. The van der Waals surface area contributed by atoms with Crippen molar-refractivity contribution >= 4 is 23.9 Å². The lowest BCUT2D eigenvalue weighted by Gasteiger charge is -2.61. The first-order valence-corrected chi connectivity index (χ1v) is 20.7. The third-order valence-corrected chi connectivity index (χ3v) is 16.4. The van der Waals surface area contributed by atoms with Gasteiger partial charge < -0.3 is 24.1 Å². The van der Waals surface area contributed by atoms with Crippen molar-refractivity contribution in [3.05, 3.63) is 0 Å². The average Bonchev–Trinajstić information content (AvgIpc) is 3.66. The maximum Gasteiger partial charge on any atom is 0.309 e. The fourth-order valence-corrected chi connectivity index (χ4v) is 14.7. The molecule has 0 aromatic heterocycles. The minimum absolute atomic E-state index is 0.0123. The summed E-state index contributed by atoms with van der Waals surface area (Å²) in [6.07, 6.45) is 13.7. The summed E-state index contributed by atoms with van der Waals surface area (Å²) in [4.78, 5) is 54.6. The summed E-state index contributed by atoms with van der Waals surface area (Å²) >= 11 is 0. The van der Waals surface area contributed by atoms with Gasteiger partial charge in [-0.05, 0) is 146 Å². The standard InChI is InChI=1S/C42H60O9/c1-5-28(36(44)50-39(3,4)40-14-23-7-24(15-40)9-25(8-23)16-40)11-30(37(45)51-42-19-26-10-27(20-42)18-41(47,17-26)21-42)6-22(2)35(43)48-33-29-12-31-32(13-29)38(46)49-34(31)33/h22-34,47H,5-21H2,1-4H3. The Balaban J connectivity index is 0.911. The first kappa shape index (κ1) is 34.6. The third kappa shape index (κ3) is 5.78. The Hall–Kier alpha value is -2.16. The molecule has 10 atom stereocenters. The SMILES string of the molecule is CCC(CC(CC(C)C(=O)OC1C2CC3C(=O)OC1C3C2)C(=O)OC12CC3CC(CC(O)(C3)C1)C2)C(=O)OC(C)(C)C12CC3CC(CC(C3)C1)C2. The molecule has 11 rings (SSSR count). The molecule has 1 aliphatic heterocycles. The van der Waals surface area contributed by atoms with Crippen molar-refractivity contribution < 1.29 is 43.2 Å². The number of aliphatic hydroxyl groups is 1. The molecule has 0 amide bonds. The lowest BCUT2D eigenvalue weighted by atomic mass is 9.46. The number of hydrogen-bond donors (Lipinski definition) is 1. The molecule has 282 valence electrons. The summed E-state index contributed by atoms with van der Waals surface area (Å²) in [7, 11) is 0. The Kier molecular flexibility index (Phi) is 8.09. The predicted molar refractivity (Wildman–Crippen MR) is 184 cm³/mol. The molecule has 9 nitrogen and oxygen atoms in total. The summed E-state index contributed by atoms with van der Waals surface area (Å²) < 4.78 is 24.8. The molecule has 9 heteroatoms. The zero-order valence-electron chi connectivity index (χ0n) is 31.2. The maximum absolute atomic E-state index is 14.4. The van der Waals surface area contributed by atoms with Gasteiger partial charge in [0.2, 0.25) is 0 Å². The molecule has 51 heavy (non-hydrogen) atoms. The Morgan fingerprint density at radius 1 is 0.824 bits per heavy atom. The average molecular weight is 709 g/mol. The number of hydrogen-bond acceptors (Lipinski definition) is 9. The van der Waals surface area contributed by atoms with E-state index in [2.05, 4.69) is 13.8 Å². The van der Waals surface area contributed by atoms with Crippen LogP contribution in [0.3, 0.4) is 0 Å². The van der Waals surface area contributed by atoms with Crippen molar-refractivity contribution in [1.82, 2.24) is 0 Å². The van der Waals surface area contributed by atoms with Gasteiger partial charge in [0, 0.05) is 23.7 Å². The Morgan fingerprint density at radius 3 is 2.06 bits per heavy atom. The second-order valence-corrected chi connectivity index (χ2v) is 20.4. The summed E-state index contributed by atoms with van der Waals surface area (Å²) in [5.74, 6) is 0.0905. The molecule has 1 N–H and O–H groups in total. The molecule has 11 aliphatic rings. The quantitative estimate of drug-likeness (QED) is 0.174. The zero-order valence-corrected chi connectivity index (χ0v) is 31.2. The van der Waals surface area contributed by atoms with E-state index in [4.69, 9.17) is 18.9 Å². The minimum atomic E-state index is -0.779. The van der Waals surface area contributed by atoms with Gasteiger partial charge in [0.15, 0.2) is 0 Å². The van der Waals surface area contributed by atoms with Crippen LogP contribution in [-0.2, 0) is 38.1 Å². The van der Waals surface area contributed by atoms with Gasteiger partial charge in [-0.2, -0.15) is 0 Å². The summed E-state index contributed by atoms with van der Waals surface area (Å²) in [5.41, 5.74) is -2.05. The highest BCUT2D eigenvalue weighted by atomic mass is 16.6. The molecule has 11 fully saturated rings. The van der Waals surface area contributed by atoms with Gasteiger partial charge >= 0.3 is 23.9 Å². The molecular weight excluding hydrogens is 648 g/mol. The van der Waals surface area contributed by atoms with Crippen LogP contribution < -0.4 is 0 Å². The molecule has 10 saturated carbocycles. The number of ether oxygens (including phenoxy) is 4. The highest BCUT2D eigenvalue weighted by Gasteiger charge is 2.64. The van der Waals surface area contributed by atoms with Gasteiger partial charge in [0.05, 0.1) is 29.3 Å². The second-order valence-electron chi connectivity index (χ2n) is 20.4. The molecular formula is C42H60O9. The Morgan fingerprint density at radius 2 is 1.45 bits per heavy atom. The van der Waals surface area contributed by atoms with E-state index in [1.54, 1.807) is 6.92 Å². The van der Waals surface area contributed by atoms with Crippen molar-refractivity contribution in [1.29, 1.82) is 0 Å². The summed E-state index contributed by atoms with van der Waals surface area (Å²) in [6.45, 7) is 8.00. The van der Waals surface area contributed by atoms with Crippen LogP contribution >= 0.6 is 0 Å². The second kappa shape index (κ2) is 11.9. The molecule has 10 unspecified atom stereocenters. The molecule has 0 aromatic carbocycles.